The van der Waals surface area contributed by atoms with Crippen molar-refractivity contribution in [2.75, 3.05) is 50.8 Å². The van der Waals surface area contributed by atoms with Crippen molar-refractivity contribution in [2.24, 2.45) is 0 Å². The van der Waals surface area contributed by atoms with E-state index in [1.54, 1.807) is 0 Å². The third kappa shape index (κ3) is 6.85. The molecule has 2 aliphatic heterocycles. The van der Waals surface area contributed by atoms with Gasteiger partial charge in [-0.3, -0.25) is 14.6 Å². The van der Waals surface area contributed by atoms with Crippen LogP contribution in [0.3, 0.4) is 0 Å². The van der Waals surface area contributed by atoms with Crippen molar-refractivity contribution in [3.8, 4) is 0 Å². The molecule has 2 heterocycles. The maximum absolute atomic E-state index is 13.2. The highest BCUT2D eigenvalue weighted by Gasteiger charge is 2.25. The van der Waals surface area contributed by atoms with Crippen LogP contribution in [0.1, 0.15) is 11.1 Å². The SMILES string of the molecule is O=C(CNCCN1CCOCC1)N1c2ccccc2CCc2ccccc21.O=C(O)C(=O)O. The number of morpholine rings is 1. The van der Waals surface area contributed by atoms with Gasteiger partial charge in [-0.1, -0.05) is 36.4 Å². The molecule has 0 unspecified atom stereocenters. The molecule has 1 amide bonds. The third-order valence-corrected chi connectivity index (χ3v) is 5.55. The van der Waals surface area contributed by atoms with Crippen LogP contribution in [0.25, 0.3) is 0 Å². The van der Waals surface area contributed by atoms with E-state index in [0.717, 1.165) is 63.6 Å². The predicted octanol–water partition coefficient (Wildman–Crippen LogP) is 1.53. The van der Waals surface area contributed by atoms with Gasteiger partial charge < -0.3 is 20.3 Å². The first-order valence-corrected chi connectivity index (χ1v) is 10.9. The molecule has 3 N–H and O–H groups in total. The van der Waals surface area contributed by atoms with E-state index < -0.39 is 11.9 Å². The minimum Gasteiger partial charge on any atom is -0.473 e. The fraction of sp³-hybridized carbons (Fsp3) is 0.375. The van der Waals surface area contributed by atoms with Crippen LogP contribution >= 0.6 is 0 Å². The lowest BCUT2D eigenvalue weighted by Gasteiger charge is -2.27. The van der Waals surface area contributed by atoms with Crippen molar-refractivity contribution < 1.29 is 29.3 Å². The number of hydrogen-bond acceptors (Lipinski definition) is 6. The summed E-state index contributed by atoms with van der Waals surface area (Å²) >= 11 is 0. The molecular weight excluding hydrogens is 426 g/mol. The second kappa shape index (κ2) is 12.1. The fourth-order valence-electron chi connectivity index (χ4n) is 3.88. The Morgan fingerprint density at radius 2 is 1.36 bits per heavy atom. The number of nitrogens with zero attached hydrogens (tertiary/aromatic N) is 2. The Morgan fingerprint density at radius 3 is 1.88 bits per heavy atom. The average molecular weight is 456 g/mol. The zero-order chi connectivity index (χ0) is 23.6. The van der Waals surface area contributed by atoms with Gasteiger partial charge in [0.25, 0.3) is 0 Å². The molecule has 0 aromatic heterocycles. The van der Waals surface area contributed by atoms with Crippen LogP contribution in [0.15, 0.2) is 48.5 Å². The number of nitrogens with one attached hydrogen (secondary N) is 1. The number of amides is 1. The number of aliphatic carboxylic acids is 2. The molecule has 1 saturated heterocycles. The summed E-state index contributed by atoms with van der Waals surface area (Å²) in [7, 11) is 0. The molecule has 0 radical (unpaired) electrons. The molecule has 2 aromatic rings. The van der Waals surface area contributed by atoms with Crippen molar-refractivity contribution in [2.45, 2.75) is 12.8 Å². The number of anilines is 2. The van der Waals surface area contributed by atoms with E-state index >= 15 is 0 Å². The highest BCUT2D eigenvalue weighted by molar-refractivity contribution is 6.27. The Kier molecular flexibility index (Phi) is 8.94. The van der Waals surface area contributed by atoms with Crippen LogP contribution in [0, 0.1) is 0 Å². The lowest BCUT2D eigenvalue weighted by atomic mass is 10.0. The Morgan fingerprint density at radius 1 is 0.848 bits per heavy atom. The summed E-state index contributed by atoms with van der Waals surface area (Å²) in [6.07, 6.45) is 1.92. The van der Waals surface area contributed by atoms with Crippen LogP contribution in [-0.2, 0) is 32.0 Å². The zero-order valence-electron chi connectivity index (χ0n) is 18.4. The quantitative estimate of drug-likeness (QED) is 0.459. The smallest absolute Gasteiger partial charge is 0.414 e. The highest BCUT2D eigenvalue weighted by atomic mass is 16.5. The van der Waals surface area contributed by atoms with Gasteiger partial charge in [-0.2, -0.15) is 0 Å². The minimum absolute atomic E-state index is 0.0961. The van der Waals surface area contributed by atoms with Crippen molar-refractivity contribution >= 4 is 29.2 Å². The van der Waals surface area contributed by atoms with E-state index in [0.29, 0.717) is 6.54 Å². The Hall–Kier alpha value is -3.27. The number of carboxylic acid groups (broad SMARTS) is 2. The minimum atomic E-state index is -1.82. The van der Waals surface area contributed by atoms with Gasteiger partial charge in [0.15, 0.2) is 0 Å². The maximum Gasteiger partial charge on any atom is 0.414 e. The van der Waals surface area contributed by atoms with Crippen LogP contribution < -0.4 is 10.2 Å². The second-order valence-corrected chi connectivity index (χ2v) is 7.73. The van der Waals surface area contributed by atoms with Crippen LogP contribution in [0.2, 0.25) is 0 Å². The number of fused-ring (bicyclic) bond motifs is 2. The van der Waals surface area contributed by atoms with E-state index in [1.165, 1.54) is 11.1 Å². The normalized spacial score (nSPS) is 15.3. The van der Waals surface area contributed by atoms with E-state index in [-0.39, 0.29) is 5.91 Å². The summed E-state index contributed by atoms with van der Waals surface area (Å²) in [5.74, 6) is -3.55. The molecule has 2 aliphatic rings. The number of hydrogen-bond donors (Lipinski definition) is 3. The van der Waals surface area contributed by atoms with Gasteiger partial charge in [-0.05, 0) is 36.1 Å². The molecule has 0 spiro atoms. The van der Waals surface area contributed by atoms with E-state index in [9.17, 15) is 4.79 Å². The standard InChI is InChI=1S/C22H27N3O2.C2H2O4/c26-22(17-23-11-12-24-13-15-27-16-14-24)25-20-7-3-1-5-18(20)9-10-19-6-2-4-8-21(19)25;3-1(4)2(5)6/h1-8,23H,9-17H2;(H,3,4)(H,5,6). The van der Waals surface area contributed by atoms with Crippen molar-refractivity contribution in [1.29, 1.82) is 0 Å². The molecule has 2 aromatic carbocycles. The maximum atomic E-state index is 13.2. The van der Waals surface area contributed by atoms with Gasteiger partial charge in [0.2, 0.25) is 5.91 Å². The first-order valence-electron chi connectivity index (χ1n) is 10.9. The van der Waals surface area contributed by atoms with Gasteiger partial charge in [-0.15, -0.1) is 0 Å². The molecule has 9 nitrogen and oxygen atoms in total. The molecule has 0 aliphatic carbocycles. The zero-order valence-corrected chi connectivity index (χ0v) is 18.4. The molecule has 33 heavy (non-hydrogen) atoms. The van der Waals surface area contributed by atoms with Gasteiger partial charge in [0, 0.05) is 26.2 Å². The van der Waals surface area contributed by atoms with Crippen LogP contribution in [-0.4, -0.2) is 78.9 Å². The molecule has 0 bridgehead atoms. The third-order valence-electron chi connectivity index (χ3n) is 5.55. The first kappa shape index (κ1) is 24.4. The van der Waals surface area contributed by atoms with Crippen molar-refractivity contribution in [3.05, 3.63) is 59.7 Å². The summed E-state index contributed by atoms with van der Waals surface area (Å²) < 4.78 is 5.38. The number of benzene rings is 2. The molecule has 4 rings (SSSR count). The number of carboxylic acids is 2. The summed E-state index contributed by atoms with van der Waals surface area (Å²) in [6.45, 7) is 5.66. The number of ether oxygens (including phenoxy) is 1. The van der Waals surface area contributed by atoms with E-state index in [2.05, 4.69) is 46.6 Å². The fourth-order valence-corrected chi connectivity index (χ4v) is 3.88. The lowest BCUT2D eigenvalue weighted by molar-refractivity contribution is -0.159. The summed E-state index contributed by atoms with van der Waals surface area (Å²) in [6, 6.07) is 16.5. The van der Waals surface area contributed by atoms with Gasteiger partial charge >= 0.3 is 11.9 Å². The van der Waals surface area contributed by atoms with Gasteiger partial charge in [0.05, 0.1) is 31.1 Å². The average Bonchev–Trinajstić information content (AvgIpc) is 3.00. The van der Waals surface area contributed by atoms with Crippen LogP contribution in [0.5, 0.6) is 0 Å². The number of aryl methyl sites for hydroxylation is 2. The molecular formula is C24H29N3O6. The Balaban J connectivity index is 0.000000454. The van der Waals surface area contributed by atoms with Gasteiger partial charge in [-0.25, -0.2) is 9.59 Å². The number of para-hydroxylation sites is 2. The molecule has 0 saturated carbocycles. The first-order chi connectivity index (χ1) is 16.0. The molecule has 1 fully saturated rings. The summed E-state index contributed by atoms with van der Waals surface area (Å²) in [5, 5.41) is 18.1. The largest absolute Gasteiger partial charge is 0.473 e. The summed E-state index contributed by atoms with van der Waals surface area (Å²) in [5.41, 5.74) is 4.50. The van der Waals surface area contributed by atoms with E-state index in [1.807, 2.05) is 17.0 Å². The summed E-state index contributed by atoms with van der Waals surface area (Å²) in [4.78, 5) is 35.6. The molecule has 0 atom stereocenters. The van der Waals surface area contributed by atoms with Crippen molar-refractivity contribution in [1.82, 2.24) is 10.2 Å². The van der Waals surface area contributed by atoms with Crippen molar-refractivity contribution in [3.63, 3.8) is 0 Å². The number of carbonyl (C=O) groups is 3. The van der Waals surface area contributed by atoms with Crippen LogP contribution in [0.4, 0.5) is 11.4 Å². The Labute approximate surface area is 192 Å². The monoisotopic (exact) mass is 455 g/mol. The number of rotatable bonds is 5. The predicted molar refractivity (Wildman–Crippen MR) is 123 cm³/mol. The second-order valence-electron chi connectivity index (χ2n) is 7.73. The Bertz CT molecular complexity index is 915. The van der Waals surface area contributed by atoms with E-state index in [4.69, 9.17) is 24.5 Å². The molecule has 176 valence electrons. The number of carbonyl (C=O) groups excluding carboxylic acids is 1. The van der Waals surface area contributed by atoms with Gasteiger partial charge in [0.1, 0.15) is 0 Å². The highest BCUT2D eigenvalue weighted by Crippen LogP contribution is 2.35. The lowest BCUT2D eigenvalue weighted by Crippen LogP contribution is -2.42. The molecule has 9 heteroatoms. The topological polar surface area (TPSA) is 119 Å².